The number of terminal acetylenes is 1. The van der Waals surface area contributed by atoms with Crippen molar-refractivity contribution in [1.29, 1.82) is 0 Å². The highest BCUT2D eigenvalue weighted by molar-refractivity contribution is 6.99. The fraction of sp³-hybridized carbons (Fsp3) is 0.300. The number of hydrogen-bond acceptors (Lipinski definition) is 1. The first-order chi connectivity index (χ1) is 11.0. The van der Waals surface area contributed by atoms with Crippen LogP contribution in [0.1, 0.15) is 28.6 Å². The second-order valence-electron chi connectivity index (χ2n) is 6.44. The predicted octanol–water partition coefficient (Wildman–Crippen LogP) is 3.59. The molecule has 0 aliphatic carbocycles. The van der Waals surface area contributed by atoms with Gasteiger partial charge in [0.15, 0.2) is 0 Å². The lowest BCUT2D eigenvalue weighted by Gasteiger charge is -2.43. The van der Waals surface area contributed by atoms with E-state index in [2.05, 4.69) is 81.6 Å². The Labute approximate surface area is 136 Å². The van der Waals surface area contributed by atoms with E-state index in [1.54, 1.807) is 0 Å². The van der Waals surface area contributed by atoms with E-state index in [1.807, 2.05) is 12.1 Å². The summed E-state index contributed by atoms with van der Waals surface area (Å²) >= 11 is 0. The van der Waals surface area contributed by atoms with Crippen molar-refractivity contribution in [3.63, 3.8) is 0 Å². The molecule has 22 heavy (non-hydrogen) atoms. The van der Waals surface area contributed by atoms with E-state index in [0.717, 1.165) is 0 Å². The van der Waals surface area contributed by atoms with Crippen LogP contribution in [0.25, 0.3) is 0 Å². The summed E-state index contributed by atoms with van der Waals surface area (Å²) in [6.07, 6.45) is 2.80. The van der Waals surface area contributed by atoms with Gasteiger partial charge in [-0.2, -0.15) is 0 Å². The highest BCUT2D eigenvalue weighted by Gasteiger charge is 2.49. The zero-order valence-electron chi connectivity index (χ0n) is 14.6. The summed E-state index contributed by atoms with van der Waals surface area (Å²) in [6, 6.07) is 21.1. The summed E-state index contributed by atoms with van der Waals surface area (Å²) in [4.78, 5) is 0. The van der Waals surface area contributed by atoms with E-state index in [1.165, 1.54) is 10.4 Å². The first kappa shape index (κ1) is 15.1. The fourth-order valence-corrected chi connectivity index (χ4v) is 7.58. The van der Waals surface area contributed by atoms with Gasteiger partial charge in [0.25, 0.3) is 8.32 Å². The van der Waals surface area contributed by atoms with Crippen LogP contribution in [-0.2, 0) is 4.43 Å². The van der Waals surface area contributed by atoms with E-state index in [4.69, 9.17) is 5.80 Å². The van der Waals surface area contributed by atoms with Crippen LogP contribution >= 0.6 is 0 Å². The predicted molar refractivity (Wildman–Crippen MR) is 97.0 cm³/mol. The van der Waals surface area contributed by atoms with Gasteiger partial charge in [0.1, 0.15) is 1.37 Å². The maximum Gasteiger partial charge on any atom is 0.261 e. The second kappa shape index (κ2) is 6.96. The molecule has 0 heterocycles. The van der Waals surface area contributed by atoms with Gasteiger partial charge in [-0.15, -0.1) is 12.3 Å². The molecule has 0 aliphatic rings. The van der Waals surface area contributed by atoms with Crippen LogP contribution in [0.15, 0.2) is 60.7 Å². The van der Waals surface area contributed by atoms with E-state index in [0.29, 0.717) is 13.0 Å². The molecule has 2 rings (SSSR count). The van der Waals surface area contributed by atoms with Crippen molar-refractivity contribution in [2.75, 3.05) is 6.61 Å². The molecule has 0 spiro atoms. The average molecular weight is 310 g/mol. The third kappa shape index (κ3) is 3.16. The molecule has 1 nitrogen and oxygen atoms in total. The number of benzene rings is 2. The summed E-state index contributed by atoms with van der Waals surface area (Å²) in [5.41, 5.74) is 0. The average Bonchev–Trinajstić information content (AvgIpc) is 2.55. The topological polar surface area (TPSA) is 9.23 Å². The molecule has 0 aliphatic heterocycles. The molecule has 2 aromatic rings. The van der Waals surface area contributed by atoms with E-state index < -0.39 is 8.32 Å². The largest absolute Gasteiger partial charge is 0.406 e. The Morgan fingerprint density at radius 3 is 1.91 bits per heavy atom. The summed E-state index contributed by atoms with van der Waals surface area (Å²) in [7, 11) is -2.43. The maximum absolute atomic E-state index is 6.98. The van der Waals surface area contributed by atoms with Gasteiger partial charge >= 0.3 is 0 Å². The minimum absolute atomic E-state index is 0.00982. The minimum Gasteiger partial charge on any atom is -0.406 e. The Balaban J connectivity index is 2.56. The van der Waals surface area contributed by atoms with Crippen LogP contribution in [0.3, 0.4) is 0 Å². The first-order valence-corrected chi connectivity index (χ1v) is 9.58. The lowest BCUT2D eigenvalue weighted by molar-refractivity contribution is 0.306. The summed E-state index contributed by atoms with van der Waals surface area (Å²) in [5.74, 6) is 2.79. The van der Waals surface area contributed by atoms with E-state index >= 15 is 0 Å². The molecule has 114 valence electrons. The molecular weight excluding hydrogens is 284 g/mol. The zero-order chi connectivity index (χ0) is 16.8. The molecule has 0 radical (unpaired) electrons. The fourth-order valence-electron chi connectivity index (χ4n) is 3.02. The molecule has 0 saturated carbocycles. The van der Waals surface area contributed by atoms with Gasteiger partial charge in [-0.1, -0.05) is 81.4 Å². The summed E-state index contributed by atoms with van der Waals surface area (Å²) in [5, 5.41) is 2.54. The van der Waals surface area contributed by atoms with Crippen molar-refractivity contribution < 1.29 is 5.80 Å². The highest BCUT2D eigenvalue weighted by Crippen LogP contribution is 2.36. The smallest absolute Gasteiger partial charge is 0.261 e. The van der Waals surface area contributed by atoms with Crippen LogP contribution in [-0.4, -0.2) is 14.9 Å². The molecule has 0 N–H and O–H groups in total. The van der Waals surface area contributed by atoms with Crippen LogP contribution in [0.4, 0.5) is 0 Å². The van der Waals surface area contributed by atoms with Crippen LogP contribution < -0.4 is 10.4 Å². The van der Waals surface area contributed by atoms with Gasteiger partial charge in [-0.05, 0) is 15.4 Å². The molecule has 0 saturated heterocycles. The quantitative estimate of drug-likeness (QED) is 0.466. The third-order valence-electron chi connectivity index (χ3n) is 3.96. The summed E-state index contributed by atoms with van der Waals surface area (Å²) in [6.45, 7) is 7.33. The normalized spacial score (nSPS) is 12.2. The van der Waals surface area contributed by atoms with Gasteiger partial charge in [-0.25, -0.2) is 0 Å². The van der Waals surface area contributed by atoms with Gasteiger partial charge in [0, 0.05) is 13.0 Å². The van der Waals surface area contributed by atoms with Crippen LogP contribution in [0, 0.1) is 12.3 Å². The Morgan fingerprint density at radius 1 is 1.00 bits per heavy atom. The van der Waals surface area contributed by atoms with Gasteiger partial charge < -0.3 is 4.43 Å². The SMILES string of the molecule is [2H]C#CCCO[Si](c1ccccc1)(c1ccccc1)C(C)(C)C. The maximum atomic E-state index is 6.98. The minimum atomic E-state index is -2.43. The zero-order valence-corrected chi connectivity index (χ0v) is 14.6. The number of rotatable bonds is 5. The molecule has 0 fully saturated rings. The molecule has 0 aromatic heterocycles. The molecule has 0 unspecified atom stereocenters. The standard InChI is InChI=1S/C20H24OSi/c1-5-6-17-21-22(20(2,3)4,18-13-9-7-10-14-18)19-15-11-8-12-16-19/h1,7-16H,6,17H2,2-4H3/i1D. The Morgan fingerprint density at radius 2 is 1.50 bits per heavy atom. The lowest BCUT2D eigenvalue weighted by Crippen LogP contribution is -2.66. The van der Waals surface area contributed by atoms with Crippen molar-refractivity contribution in [3.8, 4) is 12.3 Å². The molecule has 0 atom stereocenters. The lowest BCUT2D eigenvalue weighted by atomic mass is 10.2. The molecular formula is C20H24OSi. The number of hydrogen-bond donors (Lipinski definition) is 0. The molecule has 2 heteroatoms. The van der Waals surface area contributed by atoms with E-state index in [9.17, 15) is 0 Å². The molecule has 0 amide bonds. The van der Waals surface area contributed by atoms with Gasteiger partial charge in [0.2, 0.25) is 0 Å². The van der Waals surface area contributed by atoms with Crippen LogP contribution in [0.2, 0.25) is 5.04 Å². The van der Waals surface area contributed by atoms with Gasteiger partial charge in [0.05, 0.1) is 0 Å². The Hall–Kier alpha value is -1.82. The second-order valence-corrected chi connectivity index (χ2v) is 10.7. The molecule has 0 bridgehead atoms. The van der Waals surface area contributed by atoms with Crippen molar-refractivity contribution in [2.24, 2.45) is 0 Å². The Bertz CT molecular complexity index is 626. The molecule has 2 aromatic carbocycles. The van der Waals surface area contributed by atoms with Crippen molar-refractivity contribution in [2.45, 2.75) is 32.2 Å². The van der Waals surface area contributed by atoms with Crippen molar-refractivity contribution in [3.05, 3.63) is 60.7 Å². The first-order valence-electron chi connectivity index (χ1n) is 8.17. The van der Waals surface area contributed by atoms with Gasteiger partial charge in [-0.3, -0.25) is 0 Å². The van der Waals surface area contributed by atoms with Crippen LogP contribution in [0.5, 0.6) is 0 Å². The highest BCUT2D eigenvalue weighted by atomic mass is 28.4. The monoisotopic (exact) mass is 309 g/mol. The van der Waals surface area contributed by atoms with E-state index in [-0.39, 0.29) is 5.04 Å². The van der Waals surface area contributed by atoms with Crippen molar-refractivity contribution >= 4 is 18.7 Å². The van der Waals surface area contributed by atoms with Crippen molar-refractivity contribution in [1.82, 2.24) is 0 Å². The summed E-state index contributed by atoms with van der Waals surface area (Å²) < 4.78 is 13.6. The Kier molecular flexibility index (Phi) is 4.77. The third-order valence-corrected chi connectivity index (χ3v) is 9.00.